The molecule has 3 rings (SSSR count). The first kappa shape index (κ1) is 12.8. The van der Waals surface area contributed by atoms with Gasteiger partial charge in [0.1, 0.15) is 24.9 Å². The summed E-state index contributed by atoms with van der Waals surface area (Å²) in [6.07, 6.45) is 1.47. The van der Waals surface area contributed by atoms with Crippen molar-refractivity contribution in [1.82, 2.24) is 15.0 Å². The Bertz CT molecular complexity index is 727. The third kappa shape index (κ3) is 1.79. The predicted octanol–water partition coefficient (Wildman–Crippen LogP) is -0.0156. The van der Waals surface area contributed by atoms with Crippen LogP contribution in [0.4, 0.5) is 8.78 Å². The Morgan fingerprint density at radius 3 is 2.90 bits per heavy atom. The number of fused-ring (bicyclic) bond motifs is 1. The van der Waals surface area contributed by atoms with Crippen LogP contribution >= 0.6 is 0 Å². The summed E-state index contributed by atoms with van der Waals surface area (Å²) in [5, 5.41) is 7.59. The van der Waals surface area contributed by atoms with Gasteiger partial charge in [-0.1, -0.05) is 16.7 Å². The molecule has 5 nitrogen and oxygen atoms in total. The van der Waals surface area contributed by atoms with E-state index in [9.17, 15) is 8.78 Å². The number of nitrogens with zero attached hydrogens (tertiary/aromatic N) is 4. The minimum atomic E-state index is -1.09. The van der Waals surface area contributed by atoms with Gasteiger partial charge in [-0.3, -0.25) is 4.99 Å². The van der Waals surface area contributed by atoms with Crippen LogP contribution < -0.4 is 11.2 Å². The van der Waals surface area contributed by atoms with E-state index in [4.69, 9.17) is 13.6 Å². The van der Waals surface area contributed by atoms with E-state index in [2.05, 4.69) is 15.3 Å². The van der Waals surface area contributed by atoms with Gasteiger partial charge in [0.25, 0.3) is 0 Å². The lowest BCUT2D eigenvalue weighted by atomic mass is 9.85. The zero-order valence-electron chi connectivity index (χ0n) is 10.6. The molecule has 0 bridgehead atoms. The van der Waals surface area contributed by atoms with Crippen LogP contribution in [0.3, 0.4) is 0 Å². The van der Waals surface area contributed by atoms with E-state index in [0.717, 1.165) is 6.07 Å². The van der Waals surface area contributed by atoms with E-state index >= 15 is 0 Å². The lowest BCUT2D eigenvalue weighted by molar-refractivity contribution is 0.352. The van der Waals surface area contributed by atoms with Gasteiger partial charge in [0.2, 0.25) is 0 Å². The molecule has 2 N–H and O–H groups in total. The van der Waals surface area contributed by atoms with Crippen LogP contribution in [0.5, 0.6) is 0 Å². The molecule has 1 aromatic carbocycles. The molecule has 1 aliphatic heterocycles. The third-order valence-corrected chi connectivity index (χ3v) is 3.34. The van der Waals surface area contributed by atoms with Crippen molar-refractivity contribution in [2.24, 2.45) is 10.7 Å². The number of aromatic nitrogens is 3. The zero-order chi connectivity index (χ0) is 14.5. The predicted molar refractivity (Wildman–Crippen MR) is 69.8 cm³/mol. The molecule has 0 saturated carbocycles. The van der Waals surface area contributed by atoms with Crippen molar-refractivity contribution in [3.63, 3.8) is 0 Å². The topological polar surface area (TPSA) is 69.1 Å². The summed E-state index contributed by atoms with van der Waals surface area (Å²) < 4.78 is 29.1. The Morgan fingerprint density at radius 1 is 1.40 bits per heavy atom. The number of hydrogen-bond donors (Lipinski definition) is 1. The number of hydrogen-bond acceptors (Lipinski definition) is 4. The summed E-state index contributed by atoms with van der Waals surface area (Å²) in [7, 11) is 5.58. The number of halogens is 2. The average molecular weight is 273 g/mol. The lowest BCUT2D eigenvalue weighted by Crippen LogP contribution is -2.38. The minimum absolute atomic E-state index is 0.0408. The second kappa shape index (κ2) is 4.12. The van der Waals surface area contributed by atoms with Crippen molar-refractivity contribution in [2.75, 3.05) is 0 Å². The third-order valence-electron chi connectivity index (χ3n) is 3.34. The number of nitrogens with two attached hydrogens (primary N) is 1. The Hall–Kier alpha value is -2.25. The summed E-state index contributed by atoms with van der Waals surface area (Å²) in [5.74, 6) is -1.83. The maximum absolute atomic E-state index is 14.1. The highest BCUT2D eigenvalue weighted by Gasteiger charge is 2.36. The molecule has 1 unspecified atom stereocenters. The van der Waals surface area contributed by atoms with Crippen LogP contribution in [-0.2, 0) is 12.1 Å². The molecule has 0 aliphatic carbocycles. The number of aliphatic imine (C=N–C) groups is 1. The van der Waals surface area contributed by atoms with Crippen molar-refractivity contribution < 1.29 is 8.78 Å². The number of amidine groups is 1. The molecular formula is C12H10BF2N5. The van der Waals surface area contributed by atoms with Crippen LogP contribution in [0.15, 0.2) is 23.3 Å². The average Bonchev–Trinajstić information content (AvgIpc) is 2.81. The number of rotatable bonds is 1. The molecule has 2 radical (unpaired) electrons. The van der Waals surface area contributed by atoms with Crippen molar-refractivity contribution in [3.8, 4) is 0 Å². The Morgan fingerprint density at radius 2 is 2.15 bits per heavy atom. The van der Waals surface area contributed by atoms with Crippen molar-refractivity contribution in [1.29, 1.82) is 0 Å². The second-order valence-electron chi connectivity index (χ2n) is 4.91. The summed E-state index contributed by atoms with van der Waals surface area (Å²) in [6, 6.07) is 2.29. The molecule has 1 atom stereocenters. The van der Waals surface area contributed by atoms with Crippen LogP contribution in [0.1, 0.15) is 18.2 Å². The molecule has 0 saturated heterocycles. The van der Waals surface area contributed by atoms with E-state index in [1.54, 1.807) is 6.92 Å². The largest absolute Gasteiger partial charge is 0.382 e. The fourth-order valence-corrected chi connectivity index (χ4v) is 2.37. The molecule has 20 heavy (non-hydrogen) atoms. The molecule has 0 fully saturated rings. The van der Waals surface area contributed by atoms with Gasteiger partial charge in [-0.25, -0.2) is 13.5 Å². The molecule has 100 valence electrons. The highest BCUT2D eigenvalue weighted by Crippen LogP contribution is 2.32. The van der Waals surface area contributed by atoms with E-state index in [1.165, 1.54) is 16.9 Å². The summed E-state index contributed by atoms with van der Waals surface area (Å²) in [6.45, 7) is 1.84. The van der Waals surface area contributed by atoms with Gasteiger partial charge in [-0.15, -0.1) is 5.10 Å². The van der Waals surface area contributed by atoms with Gasteiger partial charge < -0.3 is 5.73 Å². The number of benzene rings is 1. The molecule has 8 heteroatoms. The highest BCUT2D eigenvalue weighted by atomic mass is 19.2. The van der Waals surface area contributed by atoms with E-state index in [1.807, 2.05) is 0 Å². The molecular weight excluding hydrogens is 263 g/mol. The maximum Gasteiger partial charge on any atom is 0.164 e. The Kier molecular flexibility index (Phi) is 2.63. The van der Waals surface area contributed by atoms with Gasteiger partial charge in [0.15, 0.2) is 11.6 Å². The zero-order valence-corrected chi connectivity index (χ0v) is 10.6. The lowest BCUT2D eigenvalue weighted by Gasteiger charge is -2.31. The maximum atomic E-state index is 14.1. The summed E-state index contributed by atoms with van der Waals surface area (Å²) in [5.41, 5.74) is 5.45. The van der Waals surface area contributed by atoms with Crippen LogP contribution in [0.2, 0.25) is 0 Å². The fraction of sp³-hybridized carbons (Fsp3) is 0.250. The van der Waals surface area contributed by atoms with E-state index in [-0.39, 0.29) is 23.4 Å². The van der Waals surface area contributed by atoms with Gasteiger partial charge in [0.05, 0.1) is 12.7 Å². The monoisotopic (exact) mass is 273 g/mol. The molecule has 2 aromatic rings. The second-order valence-corrected chi connectivity index (χ2v) is 4.91. The molecule has 1 aromatic heterocycles. The Balaban J connectivity index is 2.18. The van der Waals surface area contributed by atoms with Gasteiger partial charge >= 0.3 is 0 Å². The first-order valence-corrected chi connectivity index (χ1v) is 5.90. The normalized spacial score (nSPS) is 21.4. The van der Waals surface area contributed by atoms with E-state index < -0.39 is 17.2 Å². The first-order chi connectivity index (χ1) is 9.40. The van der Waals surface area contributed by atoms with Crippen molar-refractivity contribution in [2.45, 2.75) is 19.0 Å². The van der Waals surface area contributed by atoms with E-state index in [0.29, 0.717) is 5.69 Å². The molecule has 0 spiro atoms. The molecule has 2 heterocycles. The van der Waals surface area contributed by atoms with Gasteiger partial charge in [-0.05, 0) is 13.0 Å². The van der Waals surface area contributed by atoms with Gasteiger partial charge in [-0.2, -0.15) is 0 Å². The highest BCUT2D eigenvalue weighted by molar-refractivity contribution is 6.32. The molecule has 0 amide bonds. The SMILES string of the molecule is [B]c1cc(F)c(F)c(C2(C)Cn3nncc3C(N)=N2)c1. The quantitative estimate of drug-likeness (QED) is 0.743. The van der Waals surface area contributed by atoms with Crippen LogP contribution in [0, 0.1) is 11.6 Å². The fourth-order valence-electron chi connectivity index (χ4n) is 2.37. The standard InChI is InChI=1S/C12H10BF2N5/c1-12(7-2-6(13)3-8(14)10(7)15)5-20-9(4-17-19-20)11(16)18-12/h2-4H,5H2,1H3,(H2,16,18). The minimum Gasteiger partial charge on any atom is -0.382 e. The smallest absolute Gasteiger partial charge is 0.164 e. The van der Waals surface area contributed by atoms with Crippen LogP contribution in [-0.4, -0.2) is 28.7 Å². The van der Waals surface area contributed by atoms with Crippen molar-refractivity contribution >= 4 is 19.1 Å². The summed E-state index contributed by atoms with van der Waals surface area (Å²) >= 11 is 0. The molecule has 1 aliphatic rings. The summed E-state index contributed by atoms with van der Waals surface area (Å²) in [4.78, 5) is 4.27. The Labute approximate surface area is 114 Å². The van der Waals surface area contributed by atoms with Crippen LogP contribution in [0.25, 0.3) is 0 Å². The van der Waals surface area contributed by atoms with Gasteiger partial charge in [0, 0.05) is 5.56 Å². The first-order valence-electron chi connectivity index (χ1n) is 5.90. The van der Waals surface area contributed by atoms with Crippen molar-refractivity contribution in [3.05, 3.63) is 41.2 Å².